The van der Waals surface area contributed by atoms with Crippen molar-refractivity contribution < 1.29 is 4.74 Å². The van der Waals surface area contributed by atoms with Gasteiger partial charge in [0.1, 0.15) is 5.75 Å². The summed E-state index contributed by atoms with van der Waals surface area (Å²) in [7, 11) is 3.22. The molecule has 1 aliphatic rings. The molecule has 0 saturated heterocycles. The Kier molecular flexibility index (Phi) is 4.98. The zero-order valence-electron chi connectivity index (χ0n) is 17.4. The Morgan fingerprint density at radius 1 is 1.09 bits per heavy atom. The van der Waals surface area contributed by atoms with Crippen LogP contribution in [-0.2, 0) is 20.1 Å². The molecular formula is C22H19Cl2N5O3. The number of benzene rings is 2. The van der Waals surface area contributed by atoms with Crippen LogP contribution in [0.3, 0.4) is 0 Å². The standard InChI is InChI=1S/C22H19Cl2N5O3/c1-26-19-18(20(30)29(22(26)31)12-13-7-8-14(23)11-15(13)24)28-10-9-27(21(28)25-19)16-5-3-4-6-17(16)32-2/h3-8,11H,9-10,12H2,1-2H3. The fraction of sp³-hybridized carbons (Fsp3) is 0.227. The molecule has 32 heavy (non-hydrogen) atoms. The van der Waals surface area contributed by atoms with Gasteiger partial charge in [-0.25, -0.2) is 4.79 Å². The topological polar surface area (TPSA) is 74.3 Å². The van der Waals surface area contributed by atoms with Crippen molar-refractivity contribution in [2.75, 3.05) is 18.6 Å². The quantitative estimate of drug-likeness (QED) is 0.455. The number of nitrogens with zero attached hydrogens (tertiary/aromatic N) is 5. The Morgan fingerprint density at radius 3 is 2.62 bits per heavy atom. The SMILES string of the molecule is COc1ccccc1N1CCn2c1nc1c2c(=O)n(Cc2ccc(Cl)cc2Cl)c(=O)n1C. The molecule has 0 bridgehead atoms. The Morgan fingerprint density at radius 2 is 1.88 bits per heavy atom. The lowest BCUT2D eigenvalue weighted by atomic mass is 10.2. The Balaban J connectivity index is 1.68. The van der Waals surface area contributed by atoms with Crippen LogP contribution in [0.25, 0.3) is 11.2 Å². The highest BCUT2D eigenvalue weighted by molar-refractivity contribution is 6.35. The summed E-state index contributed by atoms with van der Waals surface area (Å²) in [5, 5.41) is 0.881. The number of aryl methyl sites for hydroxylation is 1. The number of imidazole rings is 1. The number of methoxy groups -OCH3 is 1. The summed E-state index contributed by atoms with van der Waals surface area (Å²) in [4.78, 5) is 33.1. The predicted octanol–water partition coefficient (Wildman–Crippen LogP) is 3.41. The number of rotatable bonds is 4. The average molecular weight is 472 g/mol. The van der Waals surface area contributed by atoms with Crippen LogP contribution in [0.2, 0.25) is 10.0 Å². The van der Waals surface area contributed by atoms with Gasteiger partial charge in [0.15, 0.2) is 11.2 Å². The van der Waals surface area contributed by atoms with Crippen molar-refractivity contribution in [1.29, 1.82) is 0 Å². The molecule has 0 saturated carbocycles. The maximum atomic E-state index is 13.4. The van der Waals surface area contributed by atoms with E-state index in [1.807, 2.05) is 33.7 Å². The van der Waals surface area contributed by atoms with E-state index in [2.05, 4.69) is 4.98 Å². The minimum Gasteiger partial charge on any atom is -0.495 e. The van der Waals surface area contributed by atoms with Crippen molar-refractivity contribution >= 4 is 46.0 Å². The second-order valence-electron chi connectivity index (χ2n) is 7.53. The van der Waals surface area contributed by atoms with E-state index in [0.717, 1.165) is 5.69 Å². The van der Waals surface area contributed by atoms with Crippen molar-refractivity contribution in [3.63, 3.8) is 0 Å². The summed E-state index contributed by atoms with van der Waals surface area (Å²) in [5.74, 6) is 1.30. The van der Waals surface area contributed by atoms with Crippen molar-refractivity contribution in [2.24, 2.45) is 7.05 Å². The van der Waals surface area contributed by atoms with Gasteiger partial charge in [-0.3, -0.25) is 13.9 Å². The Hall–Kier alpha value is -3.23. The van der Waals surface area contributed by atoms with E-state index in [-0.39, 0.29) is 6.54 Å². The second-order valence-corrected chi connectivity index (χ2v) is 8.37. The predicted molar refractivity (Wildman–Crippen MR) is 125 cm³/mol. The summed E-state index contributed by atoms with van der Waals surface area (Å²) >= 11 is 12.3. The number of fused-ring (bicyclic) bond motifs is 3. The van der Waals surface area contributed by atoms with Crippen LogP contribution in [0, 0.1) is 0 Å². The molecule has 3 heterocycles. The van der Waals surface area contributed by atoms with Gasteiger partial charge >= 0.3 is 5.69 Å². The molecule has 0 amide bonds. The summed E-state index contributed by atoms with van der Waals surface area (Å²) in [5.41, 5.74) is 1.33. The number of para-hydroxylation sites is 2. The fourth-order valence-corrected chi connectivity index (χ4v) is 4.59. The van der Waals surface area contributed by atoms with Crippen LogP contribution >= 0.6 is 23.2 Å². The monoisotopic (exact) mass is 471 g/mol. The molecule has 0 atom stereocenters. The van der Waals surface area contributed by atoms with Crippen molar-refractivity contribution in [3.05, 3.63) is 78.9 Å². The lowest BCUT2D eigenvalue weighted by Crippen LogP contribution is -2.40. The summed E-state index contributed by atoms with van der Waals surface area (Å²) in [6.07, 6.45) is 0. The van der Waals surface area contributed by atoms with Crippen LogP contribution < -0.4 is 20.9 Å². The van der Waals surface area contributed by atoms with Crippen LogP contribution in [0.15, 0.2) is 52.1 Å². The fourth-order valence-electron chi connectivity index (χ4n) is 4.12. The minimum atomic E-state index is -0.464. The molecule has 0 aliphatic carbocycles. The molecule has 10 heteroatoms. The number of hydrogen-bond acceptors (Lipinski definition) is 5. The van der Waals surface area contributed by atoms with Gasteiger partial charge in [0.25, 0.3) is 5.56 Å². The van der Waals surface area contributed by atoms with Crippen LogP contribution in [0.4, 0.5) is 11.6 Å². The molecule has 8 nitrogen and oxygen atoms in total. The molecule has 2 aromatic heterocycles. The van der Waals surface area contributed by atoms with E-state index in [9.17, 15) is 9.59 Å². The van der Waals surface area contributed by atoms with E-state index >= 15 is 0 Å². The first kappa shape index (κ1) is 20.7. The number of halogens is 2. The number of ether oxygens (including phenoxy) is 1. The largest absolute Gasteiger partial charge is 0.495 e. The Labute approximate surface area is 192 Å². The van der Waals surface area contributed by atoms with Gasteiger partial charge in [0.2, 0.25) is 5.95 Å². The first-order valence-electron chi connectivity index (χ1n) is 9.95. The summed E-state index contributed by atoms with van der Waals surface area (Å²) < 4.78 is 9.92. The highest BCUT2D eigenvalue weighted by atomic mass is 35.5. The van der Waals surface area contributed by atoms with Crippen molar-refractivity contribution in [3.8, 4) is 5.75 Å². The first-order chi connectivity index (χ1) is 15.4. The van der Waals surface area contributed by atoms with Crippen LogP contribution in [-0.4, -0.2) is 32.3 Å². The molecule has 2 aromatic carbocycles. The lowest BCUT2D eigenvalue weighted by Gasteiger charge is -2.18. The third-order valence-corrected chi connectivity index (χ3v) is 6.31. The van der Waals surface area contributed by atoms with Crippen molar-refractivity contribution in [2.45, 2.75) is 13.1 Å². The van der Waals surface area contributed by atoms with E-state index in [1.54, 1.807) is 32.4 Å². The highest BCUT2D eigenvalue weighted by Crippen LogP contribution is 2.37. The van der Waals surface area contributed by atoms with Gasteiger partial charge < -0.3 is 14.2 Å². The molecule has 0 radical (unpaired) electrons. The number of hydrogen-bond donors (Lipinski definition) is 0. The zero-order valence-corrected chi connectivity index (χ0v) is 18.9. The number of anilines is 2. The highest BCUT2D eigenvalue weighted by Gasteiger charge is 2.30. The van der Waals surface area contributed by atoms with Gasteiger partial charge in [-0.2, -0.15) is 4.98 Å². The van der Waals surface area contributed by atoms with E-state index < -0.39 is 11.2 Å². The number of aromatic nitrogens is 4. The maximum Gasteiger partial charge on any atom is 0.332 e. The van der Waals surface area contributed by atoms with Gasteiger partial charge in [0, 0.05) is 30.2 Å². The third kappa shape index (κ3) is 3.10. The molecule has 0 fully saturated rings. The van der Waals surface area contributed by atoms with Gasteiger partial charge in [-0.1, -0.05) is 41.4 Å². The molecule has 5 rings (SSSR count). The maximum absolute atomic E-state index is 13.4. The lowest BCUT2D eigenvalue weighted by molar-refractivity contribution is 0.415. The molecule has 1 aliphatic heterocycles. The van der Waals surface area contributed by atoms with Crippen molar-refractivity contribution in [1.82, 2.24) is 18.7 Å². The Bertz CT molecular complexity index is 1490. The average Bonchev–Trinajstić information content (AvgIpc) is 3.36. The van der Waals surface area contributed by atoms with Crippen LogP contribution in [0.5, 0.6) is 5.75 Å². The molecule has 4 aromatic rings. The van der Waals surface area contributed by atoms with E-state index in [1.165, 1.54) is 9.13 Å². The molecule has 164 valence electrons. The zero-order chi connectivity index (χ0) is 22.6. The van der Waals surface area contributed by atoms with Gasteiger partial charge in [-0.15, -0.1) is 0 Å². The second kappa shape index (κ2) is 7.72. The molecular weight excluding hydrogens is 453 g/mol. The molecule has 0 unspecified atom stereocenters. The normalized spacial score (nSPS) is 13.1. The summed E-state index contributed by atoms with van der Waals surface area (Å²) in [6, 6.07) is 12.6. The van der Waals surface area contributed by atoms with Gasteiger partial charge in [-0.05, 0) is 29.8 Å². The van der Waals surface area contributed by atoms with Gasteiger partial charge in [0.05, 0.1) is 19.3 Å². The minimum absolute atomic E-state index is 0.0359. The van der Waals surface area contributed by atoms with E-state index in [0.29, 0.717) is 51.6 Å². The summed E-state index contributed by atoms with van der Waals surface area (Å²) in [6.45, 7) is 1.22. The first-order valence-corrected chi connectivity index (χ1v) is 10.7. The third-order valence-electron chi connectivity index (χ3n) is 5.72. The van der Waals surface area contributed by atoms with E-state index in [4.69, 9.17) is 27.9 Å². The smallest absolute Gasteiger partial charge is 0.332 e. The molecule has 0 N–H and O–H groups in total. The van der Waals surface area contributed by atoms with Crippen LogP contribution in [0.1, 0.15) is 5.56 Å². The molecule has 0 spiro atoms.